The van der Waals surface area contributed by atoms with Crippen molar-refractivity contribution in [2.45, 2.75) is 13.0 Å². The molecule has 4 aromatic rings. The van der Waals surface area contributed by atoms with Gasteiger partial charge in [-0.25, -0.2) is 15.0 Å². The van der Waals surface area contributed by atoms with Crippen LogP contribution in [0, 0.1) is 0 Å². The molecule has 156 valence electrons. The van der Waals surface area contributed by atoms with Crippen LogP contribution in [0.3, 0.4) is 0 Å². The molecule has 0 saturated carbocycles. The van der Waals surface area contributed by atoms with Crippen LogP contribution < -0.4 is 16.6 Å². The number of anilines is 2. The Morgan fingerprint density at radius 2 is 2.03 bits per heavy atom. The van der Waals surface area contributed by atoms with Crippen LogP contribution in [0.15, 0.2) is 53.0 Å². The van der Waals surface area contributed by atoms with E-state index in [0.29, 0.717) is 34.3 Å². The normalized spacial score (nSPS) is 12.3. The lowest BCUT2D eigenvalue weighted by atomic mass is 10.1. The highest BCUT2D eigenvalue weighted by atomic mass is 16.1. The van der Waals surface area contributed by atoms with Crippen molar-refractivity contribution in [1.82, 2.24) is 24.9 Å². The van der Waals surface area contributed by atoms with E-state index < -0.39 is 0 Å². The molecule has 1 aromatic carbocycles. The number of pyridine rings is 1. The van der Waals surface area contributed by atoms with Crippen LogP contribution in [-0.4, -0.2) is 38.2 Å². The minimum absolute atomic E-state index is 0.296. The van der Waals surface area contributed by atoms with Crippen LogP contribution in [0.1, 0.15) is 30.0 Å². The monoisotopic (exact) mass is 414 g/mol. The van der Waals surface area contributed by atoms with Gasteiger partial charge in [0.25, 0.3) is 5.56 Å². The standard InChI is InChI=1S/C22H22N8O/c1-4-13-6-7-14-15(10-13)29-21(28-14)17-19(18(23)16(11-24-3)30-22(17)31)27-12(2)20-25-8-5-9-26-20/h4-12H,1,23H2,2-3H3,(H,28,29)(H2,27,30,31)/t12-/m0/s1. The zero-order valence-corrected chi connectivity index (χ0v) is 17.2. The van der Waals surface area contributed by atoms with Gasteiger partial charge in [-0.15, -0.1) is 0 Å². The lowest BCUT2D eigenvalue weighted by Crippen LogP contribution is -2.21. The molecule has 0 aliphatic rings. The van der Waals surface area contributed by atoms with Gasteiger partial charge in [0.05, 0.1) is 34.1 Å². The molecule has 0 amide bonds. The first-order valence-electron chi connectivity index (χ1n) is 9.65. The second-order valence-electron chi connectivity index (χ2n) is 6.96. The fourth-order valence-corrected chi connectivity index (χ4v) is 3.33. The van der Waals surface area contributed by atoms with Crippen molar-refractivity contribution >= 4 is 34.7 Å². The summed E-state index contributed by atoms with van der Waals surface area (Å²) in [7, 11) is 1.61. The Bertz CT molecular complexity index is 1340. The van der Waals surface area contributed by atoms with Gasteiger partial charge in [0.15, 0.2) is 0 Å². The molecule has 0 saturated heterocycles. The molecule has 5 N–H and O–H groups in total. The quantitative estimate of drug-likeness (QED) is 0.358. The second-order valence-corrected chi connectivity index (χ2v) is 6.96. The molecule has 0 radical (unpaired) electrons. The molecule has 0 aliphatic carbocycles. The number of imidazole rings is 1. The Hall–Kier alpha value is -4.27. The van der Waals surface area contributed by atoms with Crippen molar-refractivity contribution in [1.29, 1.82) is 0 Å². The van der Waals surface area contributed by atoms with Gasteiger partial charge in [0.1, 0.15) is 17.2 Å². The van der Waals surface area contributed by atoms with E-state index in [1.54, 1.807) is 31.6 Å². The van der Waals surface area contributed by atoms with Crippen molar-refractivity contribution in [3.63, 3.8) is 0 Å². The van der Waals surface area contributed by atoms with E-state index in [2.05, 4.69) is 41.8 Å². The summed E-state index contributed by atoms with van der Waals surface area (Å²) in [6, 6.07) is 7.13. The first kappa shape index (κ1) is 20.0. The summed E-state index contributed by atoms with van der Waals surface area (Å²) in [5.74, 6) is 0.965. The van der Waals surface area contributed by atoms with E-state index >= 15 is 0 Å². The number of aromatic nitrogens is 5. The van der Waals surface area contributed by atoms with E-state index in [9.17, 15) is 4.79 Å². The Morgan fingerprint density at radius 3 is 2.74 bits per heavy atom. The fourth-order valence-electron chi connectivity index (χ4n) is 3.33. The van der Waals surface area contributed by atoms with Gasteiger partial charge in [-0.3, -0.25) is 9.79 Å². The van der Waals surface area contributed by atoms with Crippen LogP contribution in [0.25, 0.3) is 28.5 Å². The van der Waals surface area contributed by atoms with E-state index in [1.807, 2.05) is 25.1 Å². The molecule has 3 aromatic heterocycles. The highest BCUT2D eigenvalue weighted by Gasteiger charge is 2.22. The number of aliphatic imine (C=N–C) groups is 1. The summed E-state index contributed by atoms with van der Waals surface area (Å²) in [6.07, 6.45) is 6.57. The number of nitrogens with two attached hydrogens (primary N) is 1. The number of nitrogen functional groups attached to an aromatic ring is 1. The van der Waals surface area contributed by atoms with Crippen LogP contribution in [0.4, 0.5) is 11.4 Å². The molecule has 0 aliphatic heterocycles. The molecule has 4 rings (SSSR count). The second kappa shape index (κ2) is 8.23. The molecule has 3 heterocycles. The SMILES string of the molecule is C=Cc1ccc2nc(-c3c(N[C@@H](C)c4ncccn4)c(N)c(C=NC)[nH]c3=O)[nH]c2c1. The predicted octanol–water partition coefficient (Wildman–Crippen LogP) is 3.16. The zero-order valence-electron chi connectivity index (χ0n) is 17.2. The highest BCUT2D eigenvalue weighted by Crippen LogP contribution is 2.33. The molecule has 0 unspecified atom stereocenters. The summed E-state index contributed by atoms with van der Waals surface area (Å²) in [5, 5.41) is 3.29. The van der Waals surface area contributed by atoms with Crippen LogP contribution >= 0.6 is 0 Å². The van der Waals surface area contributed by atoms with Crippen molar-refractivity contribution in [2.24, 2.45) is 4.99 Å². The number of rotatable bonds is 6. The van der Waals surface area contributed by atoms with E-state index in [-0.39, 0.29) is 11.6 Å². The molecule has 31 heavy (non-hydrogen) atoms. The van der Waals surface area contributed by atoms with Crippen LogP contribution in [-0.2, 0) is 0 Å². The maximum atomic E-state index is 13.1. The maximum absolute atomic E-state index is 13.1. The molecular weight excluding hydrogens is 392 g/mol. The molecule has 9 heteroatoms. The molecule has 0 spiro atoms. The van der Waals surface area contributed by atoms with Gasteiger partial charge < -0.3 is 21.0 Å². The summed E-state index contributed by atoms with van der Waals surface area (Å²) in [6.45, 7) is 5.68. The zero-order chi connectivity index (χ0) is 22.0. The molecule has 9 nitrogen and oxygen atoms in total. The van der Waals surface area contributed by atoms with Crippen LogP contribution in [0.5, 0.6) is 0 Å². The number of hydrogen-bond donors (Lipinski definition) is 4. The van der Waals surface area contributed by atoms with Crippen molar-refractivity contribution in [2.75, 3.05) is 18.1 Å². The number of hydrogen-bond acceptors (Lipinski definition) is 7. The Balaban J connectivity index is 1.90. The number of nitrogens with one attached hydrogen (secondary N) is 3. The fraction of sp³-hybridized carbons (Fsp3) is 0.136. The number of aromatic amines is 2. The summed E-state index contributed by atoms with van der Waals surface area (Å²) in [4.78, 5) is 36.2. The van der Waals surface area contributed by atoms with Gasteiger partial charge in [-0.05, 0) is 30.7 Å². The third-order valence-corrected chi connectivity index (χ3v) is 4.86. The number of H-pyrrole nitrogens is 2. The van der Waals surface area contributed by atoms with E-state index in [1.165, 1.54) is 6.21 Å². The van der Waals surface area contributed by atoms with Gasteiger partial charge in [0, 0.05) is 25.7 Å². The number of nitrogens with zero attached hydrogens (tertiary/aromatic N) is 4. The van der Waals surface area contributed by atoms with Gasteiger partial charge in [-0.1, -0.05) is 18.7 Å². The maximum Gasteiger partial charge on any atom is 0.261 e. The first-order chi connectivity index (χ1) is 15.0. The smallest absolute Gasteiger partial charge is 0.261 e. The van der Waals surface area contributed by atoms with Gasteiger partial charge in [0.2, 0.25) is 0 Å². The lowest BCUT2D eigenvalue weighted by Gasteiger charge is -2.19. The van der Waals surface area contributed by atoms with Crippen molar-refractivity contribution in [3.05, 3.63) is 70.7 Å². The molecule has 0 fully saturated rings. The average molecular weight is 414 g/mol. The van der Waals surface area contributed by atoms with E-state index in [4.69, 9.17) is 5.73 Å². The summed E-state index contributed by atoms with van der Waals surface area (Å²) in [5.41, 5.74) is 10.0. The van der Waals surface area contributed by atoms with Crippen LogP contribution in [0.2, 0.25) is 0 Å². The van der Waals surface area contributed by atoms with Gasteiger partial charge >= 0.3 is 0 Å². The molecule has 0 bridgehead atoms. The average Bonchev–Trinajstić information content (AvgIpc) is 3.20. The van der Waals surface area contributed by atoms with E-state index in [0.717, 1.165) is 16.6 Å². The summed E-state index contributed by atoms with van der Waals surface area (Å²) < 4.78 is 0. The minimum atomic E-state index is -0.351. The largest absolute Gasteiger partial charge is 0.395 e. The number of fused-ring (bicyclic) bond motifs is 1. The summed E-state index contributed by atoms with van der Waals surface area (Å²) >= 11 is 0. The Labute approximate surface area is 178 Å². The van der Waals surface area contributed by atoms with Crippen molar-refractivity contribution < 1.29 is 0 Å². The lowest BCUT2D eigenvalue weighted by molar-refractivity contribution is 0.788. The Morgan fingerprint density at radius 1 is 1.26 bits per heavy atom. The topological polar surface area (TPSA) is 138 Å². The number of benzene rings is 1. The first-order valence-corrected chi connectivity index (χ1v) is 9.65. The highest BCUT2D eigenvalue weighted by molar-refractivity contribution is 5.95. The third kappa shape index (κ3) is 3.80. The molecule has 1 atom stereocenters. The molecular formula is C22H22N8O. The Kier molecular flexibility index (Phi) is 5.31. The minimum Gasteiger partial charge on any atom is -0.395 e. The predicted molar refractivity (Wildman–Crippen MR) is 124 cm³/mol. The van der Waals surface area contributed by atoms with Gasteiger partial charge in [-0.2, -0.15) is 0 Å². The third-order valence-electron chi connectivity index (χ3n) is 4.86. The van der Waals surface area contributed by atoms with Crippen molar-refractivity contribution in [3.8, 4) is 11.4 Å².